The number of carbonyl (C=O) groups excluding carboxylic acids is 2. The molecule has 0 bridgehead atoms. The maximum atomic E-state index is 13.9. The van der Waals surface area contributed by atoms with Gasteiger partial charge in [0.15, 0.2) is 0 Å². The number of aliphatic hydroxyl groups excluding tert-OH is 1. The van der Waals surface area contributed by atoms with Gasteiger partial charge in [-0.25, -0.2) is 0 Å². The number of ether oxygens (including phenoxy) is 1. The van der Waals surface area contributed by atoms with Crippen molar-refractivity contribution in [3.63, 3.8) is 0 Å². The molecular weight excluding hydrogens is 549 g/mol. The van der Waals surface area contributed by atoms with Crippen molar-refractivity contribution in [3.05, 3.63) is 46.0 Å². The van der Waals surface area contributed by atoms with E-state index in [1.165, 1.54) is 18.6 Å². The zero-order chi connectivity index (χ0) is 30.0. The van der Waals surface area contributed by atoms with Gasteiger partial charge in [-0.15, -0.1) is 0 Å². The average molecular weight is 587 g/mol. The van der Waals surface area contributed by atoms with Gasteiger partial charge >= 0.3 is 12.1 Å². The summed E-state index contributed by atoms with van der Waals surface area (Å²) in [6.07, 6.45) is 0.703. The Hall–Kier alpha value is -2.66. The van der Waals surface area contributed by atoms with E-state index in [9.17, 15) is 27.9 Å². The first-order valence-electron chi connectivity index (χ1n) is 13.4. The number of hydrogen-bond donors (Lipinski definition) is 1. The number of aryl methyl sites for hydroxylation is 1. The minimum Gasteiger partial charge on any atom is -0.466 e. The molecule has 12 heteroatoms. The first-order valence-corrected chi connectivity index (χ1v) is 13.8. The number of rotatable bonds is 9. The maximum Gasteiger partial charge on any atom is 0.395 e. The molecule has 0 spiro atoms. The molecule has 1 aliphatic carbocycles. The SMILES string of the molecule is CCOC(=O)C1(C)CCC(n2ncc(C(=O)N(CC(O)c3c(C)cncc3Cl)CC(C)(C)C(F)(F)F)c2C)CC1. The molecule has 0 aromatic carbocycles. The lowest BCUT2D eigenvalue weighted by atomic mass is 9.74. The van der Waals surface area contributed by atoms with E-state index in [1.807, 2.05) is 6.92 Å². The van der Waals surface area contributed by atoms with Gasteiger partial charge in [0, 0.05) is 30.2 Å². The fraction of sp³-hybridized carbons (Fsp3) is 0.643. The van der Waals surface area contributed by atoms with Crippen LogP contribution in [-0.4, -0.2) is 62.5 Å². The second-order valence-electron chi connectivity index (χ2n) is 11.5. The summed E-state index contributed by atoms with van der Waals surface area (Å²) in [5.74, 6) is -0.900. The van der Waals surface area contributed by atoms with Crippen molar-refractivity contribution in [1.29, 1.82) is 0 Å². The van der Waals surface area contributed by atoms with Crippen LogP contribution in [0.1, 0.15) is 92.7 Å². The molecule has 0 radical (unpaired) electrons. The highest BCUT2D eigenvalue weighted by Crippen LogP contribution is 2.42. The summed E-state index contributed by atoms with van der Waals surface area (Å²) in [5.41, 5.74) is -1.31. The fourth-order valence-corrected chi connectivity index (χ4v) is 5.55. The van der Waals surface area contributed by atoms with E-state index in [0.29, 0.717) is 49.1 Å². The van der Waals surface area contributed by atoms with Gasteiger partial charge < -0.3 is 14.7 Å². The summed E-state index contributed by atoms with van der Waals surface area (Å²) < 4.78 is 48.5. The molecule has 40 heavy (non-hydrogen) atoms. The standard InChI is InChI=1S/C28H38ClF3N4O4/c1-7-40-25(39)27(6)10-8-19(9-11-27)36-18(3)20(13-34-36)24(38)35(16-26(4,5)28(30,31)32)15-22(37)23-17(2)12-33-14-21(23)29/h12-14,19,22,37H,7-11,15-16H2,1-6H3. The molecule has 1 atom stereocenters. The van der Waals surface area contributed by atoms with E-state index < -0.39 is 42.1 Å². The molecule has 222 valence electrons. The molecule has 1 aliphatic rings. The summed E-state index contributed by atoms with van der Waals surface area (Å²) in [4.78, 5) is 31.1. The molecule has 2 heterocycles. The highest BCUT2D eigenvalue weighted by atomic mass is 35.5. The number of aromatic nitrogens is 3. The Morgan fingerprint density at radius 3 is 2.40 bits per heavy atom. The van der Waals surface area contributed by atoms with Crippen molar-refractivity contribution in [1.82, 2.24) is 19.7 Å². The van der Waals surface area contributed by atoms with Crippen LogP contribution < -0.4 is 0 Å². The number of aliphatic hydroxyl groups is 1. The number of carbonyl (C=O) groups is 2. The van der Waals surface area contributed by atoms with E-state index in [4.69, 9.17) is 16.3 Å². The van der Waals surface area contributed by atoms with E-state index >= 15 is 0 Å². The molecule has 8 nitrogen and oxygen atoms in total. The van der Waals surface area contributed by atoms with Gasteiger partial charge in [0.25, 0.3) is 5.91 Å². The first kappa shape index (κ1) is 31.9. The van der Waals surface area contributed by atoms with E-state index in [1.54, 1.807) is 25.5 Å². The molecule has 1 N–H and O–H groups in total. The third-order valence-electron chi connectivity index (χ3n) is 7.95. The van der Waals surface area contributed by atoms with Gasteiger partial charge in [-0.3, -0.25) is 19.3 Å². The minimum absolute atomic E-state index is 0.0759. The van der Waals surface area contributed by atoms with Crippen LogP contribution in [0.3, 0.4) is 0 Å². The van der Waals surface area contributed by atoms with Crippen LogP contribution >= 0.6 is 11.6 Å². The Balaban J connectivity index is 1.88. The summed E-state index contributed by atoms with van der Waals surface area (Å²) in [5, 5.41) is 15.6. The monoisotopic (exact) mass is 586 g/mol. The summed E-state index contributed by atoms with van der Waals surface area (Å²) in [6, 6.07) is -0.0759. The lowest BCUT2D eigenvalue weighted by Crippen LogP contribution is -2.47. The van der Waals surface area contributed by atoms with Gasteiger partial charge in [-0.1, -0.05) is 11.6 Å². The Labute approximate surface area is 237 Å². The quantitative estimate of drug-likeness (QED) is 0.362. The molecule has 0 saturated heterocycles. The molecule has 2 aromatic rings. The lowest BCUT2D eigenvalue weighted by Gasteiger charge is -2.36. The number of nitrogens with zero attached hydrogens (tertiary/aromatic N) is 4. The predicted octanol–water partition coefficient (Wildman–Crippen LogP) is 6.00. The number of halogens is 4. The second-order valence-corrected chi connectivity index (χ2v) is 11.9. The first-order chi connectivity index (χ1) is 18.5. The topological polar surface area (TPSA) is 97.6 Å². The van der Waals surface area contributed by atoms with Gasteiger partial charge in [-0.05, 0) is 72.8 Å². The third kappa shape index (κ3) is 6.62. The lowest BCUT2D eigenvalue weighted by molar-refractivity contribution is -0.215. The summed E-state index contributed by atoms with van der Waals surface area (Å²) in [7, 11) is 0. The van der Waals surface area contributed by atoms with Crippen molar-refractivity contribution in [2.45, 2.75) is 85.5 Å². The van der Waals surface area contributed by atoms with Crippen molar-refractivity contribution in [3.8, 4) is 0 Å². The molecule has 3 rings (SSSR count). The Bertz CT molecular complexity index is 1200. The summed E-state index contributed by atoms with van der Waals surface area (Å²) in [6.45, 7) is 8.28. The van der Waals surface area contributed by atoms with Crippen molar-refractivity contribution < 1.29 is 32.6 Å². The second kappa shape index (κ2) is 12.1. The molecule has 1 unspecified atom stereocenters. The molecule has 1 amide bonds. The van der Waals surface area contributed by atoms with Gasteiger partial charge in [0.05, 0.1) is 52.9 Å². The van der Waals surface area contributed by atoms with Gasteiger partial charge in [-0.2, -0.15) is 18.3 Å². The van der Waals surface area contributed by atoms with Crippen LogP contribution in [-0.2, 0) is 9.53 Å². The number of pyridine rings is 1. The fourth-order valence-electron chi connectivity index (χ4n) is 5.22. The zero-order valence-corrected chi connectivity index (χ0v) is 24.6. The normalized spacial score (nSPS) is 20.7. The van der Waals surface area contributed by atoms with Crippen LogP contribution in [0.2, 0.25) is 5.02 Å². The average Bonchev–Trinajstić information content (AvgIpc) is 3.24. The number of amides is 1. The number of alkyl halides is 3. The number of esters is 1. The smallest absolute Gasteiger partial charge is 0.395 e. The van der Waals surface area contributed by atoms with Gasteiger partial charge in [0.1, 0.15) is 0 Å². The van der Waals surface area contributed by atoms with Crippen LogP contribution in [0.15, 0.2) is 18.6 Å². The Morgan fingerprint density at radius 2 is 1.85 bits per heavy atom. The van der Waals surface area contributed by atoms with Crippen LogP contribution in [0.4, 0.5) is 13.2 Å². The highest BCUT2D eigenvalue weighted by molar-refractivity contribution is 6.31. The van der Waals surface area contributed by atoms with Crippen molar-refractivity contribution >= 4 is 23.5 Å². The Kier molecular flexibility index (Phi) is 9.61. The molecule has 1 fully saturated rings. The highest BCUT2D eigenvalue weighted by Gasteiger charge is 2.49. The van der Waals surface area contributed by atoms with Gasteiger partial charge in [0.2, 0.25) is 0 Å². The predicted molar refractivity (Wildman–Crippen MR) is 144 cm³/mol. The molecule has 0 aliphatic heterocycles. The van der Waals surface area contributed by atoms with E-state index in [0.717, 1.165) is 18.7 Å². The largest absolute Gasteiger partial charge is 0.466 e. The van der Waals surface area contributed by atoms with Crippen molar-refractivity contribution in [2.24, 2.45) is 10.8 Å². The minimum atomic E-state index is -4.59. The maximum absolute atomic E-state index is 13.9. The van der Waals surface area contributed by atoms with E-state index in [-0.39, 0.29) is 22.6 Å². The molecule has 1 saturated carbocycles. The van der Waals surface area contributed by atoms with Crippen LogP contribution in [0.5, 0.6) is 0 Å². The van der Waals surface area contributed by atoms with Crippen LogP contribution in [0, 0.1) is 24.7 Å². The number of hydrogen-bond acceptors (Lipinski definition) is 6. The third-order valence-corrected chi connectivity index (χ3v) is 8.25. The Morgan fingerprint density at radius 1 is 1.23 bits per heavy atom. The summed E-state index contributed by atoms with van der Waals surface area (Å²) >= 11 is 6.23. The molecule has 2 aromatic heterocycles. The van der Waals surface area contributed by atoms with E-state index in [2.05, 4.69) is 10.1 Å². The molecular formula is C28H38ClF3N4O4. The van der Waals surface area contributed by atoms with Crippen LogP contribution in [0.25, 0.3) is 0 Å². The zero-order valence-electron chi connectivity index (χ0n) is 23.8. The van der Waals surface area contributed by atoms with Crippen molar-refractivity contribution in [2.75, 3.05) is 19.7 Å².